The first-order valence-electron chi connectivity index (χ1n) is 10.0. The molecule has 0 bridgehead atoms. The molecule has 28 heavy (non-hydrogen) atoms. The Balaban J connectivity index is 1.23. The fraction of sp³-hybridized carbons (Fsp3) is 0.409. The van der Waals surface area contributed by atoms with Crippen LogP contribution in [0.1, 0.15) is 19.8 Å². The van der Waals surface area contributed by atoms with Crippen LogP contribution in [-0.2, 0) is 9.47 Å². The lowest BCUT2D eigenvalue weighted by molar-refractivity contribution is 0.0712. The van der Waals surface area contributed by atoms with Gasteiger partial charge in [-0.15, -0.1) is 0 Å². The summed E-state index contributed by atoms with van der Waals surface area (Å²) in [7, 11) is 0. The summed E-state index contributed by atoms with van der Waals surface area (Å²) in [5, 5.41) is 3.41. The van der Waals surface area contributed by atoms with E-state index in [1.165, 1.54) is 5.57 Å². The van der Waals surface area contributed by atoms with Gasteiger partial charge in [0.05, 0.1) is 0 Å². The molecule has 1 aliphatic carbocycles. The molecule has 148 valence electrons. The molecule has 6 nitrogen and oxygen atoms in total. The summed E-state index contributed by atoms with van der Waals surface area (Å²) >= 11 is 0. The monoisotopic (exact) mass is 380 g/mol. The number of hydrogen-bond donors (Lipinski definition) is 1. The van der Waals surface area contributed by atoms with Crippen LogP contribution < -0.4 is 5.32 Å². The highest BCUT2D eigenvalue weighted by Gasteiger charge is 2.25. The van der Waals surface area contributed by atoms with E-state index in [1.54, 1.807) is 12.5 Å². The fourth-order valence-corrected chi connectivity index (χ4v) is 3.62. The molecule has 1 atom stereocenters. The summed E-state index contributed by atoms with van der Waals surface area (Å²) in [4.78, 5) is 9.06. The molecule has 2 aliphatic heterocycles. The van der Waals surface area contributed by atoms with E-state index in [-0.39, 0.29) is 0 Å². The Morgan fingerprint density at radius 1 is 1.14 bits per heavy atom. The van der Waals surface area contributed by atoms with Crippen molar-refractivity contribution in [3.8, 4) is 0 Å². The minimum absolute atomic E-state index is 0.444. The van der Waals surface area contributed by atoms with Crippen molar-refractivity contribution in [2.45, 2.75) is 25.8 Å². The summed E-state index contributed by atoms with van der Waals surface area (Å²) < 4.78 is 11.7. The van der Waals surface area contributed by atoms with Gasteiger partial charge in [0.1, 0.15) is 12.1 Å². The number of ether oxygens (including phenoxy) is 2. The molecule has 1 fully saturated rings. The lowest BCUT2D eigenvalue weighted by atomic mass is 10.0. The number of piperazine rings is 1. The van der Waals surface area contributed by atoms with Gasteiger partial charge in [0.25, 0.3) is 0 Å². The molecule has 1 N–H and O–H groups in total. The van der Waals surface area contributed by atoms with Crippen molar-refractivity contribution in [3.05, 3.63) is 72.4 Å². The third kappa shape index (κ3) is 4.57. The Kier molecular flexibility index (Phi) is 5.97. The van der Waals surface area contributed by atoms with Gasteiger partial charge in [0.15, 0.2) is 12.0 Å². The molecule has 1 aromatic heterocycles. The van der Waals surface area contributed by atoms with Crippen LogP contribution in [0.3, 0.4) is 0 Å². The topological polar surface area (TPSA) is 49.9 Å². The van der Waals surface area contributed by atoms with E-state index >= 15 is 0 Å². The van der Waals surface area contributed by atoms with E-state index in [0.29, 0.717) is 6.04 Å². The van der Waals surface area contributed by atoms with Crippen molar-refractivity contribution in [2.75, 3.05) is 38.0 Å². The fourth-order valence-electron chi connectivity index (χ4n) is 3.62. The molecule has 4 rings (SSSR count). The molecule has 0 amide bonds. The smallest absolute Gasteiger partial charge is 0.231 e. The summed E-state index contributed by atoms with van der Waals surface area (Å²) in [5.41, 5.74) is 1.19. The standard InChI is InChI=1S/C22H28N4O2/c1-18(15-24-21-9-5-6-10-23-21)25-11-13-26(14-12-25)22-17-27-20(16-28-22)19-7-3-2-4-8-19/h2-3,5-7,9-10,16-18H,4,8,11-15H2,1H3,(H,23,24). The minimum Gasteiger partial charge on any atom is -0.456 e. The van der Waals surface area contributed by atoms with Crippen LogP contribution in [0.4, 0.5) is 5.82 Å². The third-order valence-electron chi connectivity index (χ3n) is 5.40. The average Bonchev–Trinajstić information content (AvgIpc) is 2.79. The van der Waals surface area contributed by atoms with Crippen molar-refractivity contribution < 1.29 is 9.47 Å². The van der Waals surface area contributed by atoms with Gasteiger partial charge in [-0.05, 0) is 37.5 Å². The molecule has 6 heteroatoms. The van der Waals surface area contributed by atoms with E-state index < -0.39 is 0 Å². The van der Waals surface area contributed by atoms with Gasteiger partial charge in [-0.25, -0.2) is 4.98 Å². The predicted octanol–water partition coefficient (Wildman–Crippen LogP) is 3.46. The highest BCUT2D eigenvalue weighted by atomic mass is 16.6. The van der Waals surface area contributed by atoms with E-state index in [1.807, 2.05) is 24.4 Å². The summed E-state index contributed by atoms with van der Waals surface area (Å²) in [6, 6.07) is 6.37. The highest BCUT2D eigenvalue weighted by molar-refractivity contribution is 5.33. The number of nitrogens with zero attached hydrogens (tertiary/aromatic N) is 3. The second-order valence-electron chi connectivity index (χ2n) is 7.30. The first-order chi connectivity index (χ1) is 13.8. The van der Waals surface area contributed by atoms with E-state index in [0.717, 1.165) is 63.0 Å². The van der Waals surface area contributed by atoms with Gasteiger partial charge < -0.3 is 19.7 Å². The Labute approximate surface area is 166 Å². The quantitative estimate of drug-likeness (QED) is 0.816. The maximum absolute atomic E-state index is 5.88. The van der Waals surface area contributed by atoms with Crippen molar-refractivity contribution >= 4 is 5.82 Å². The summed E-state index contributed by atoms with van der Waals surface area (Å²) in [6.07, 6.45) is 13.7. The number of allylic oxidation sites excluding steroid dienone is 4. The van der Waals surface area contributed by atoms with Gasteiger partial charge in [0.2, 0.25) is 5.88 Å². The molecule has 0 aromatic carbocycles. The number of nitrogens with one attached hydrogen (secondary N) is 1. The van der Waals surface area contributed by atoms with Crippen LogP contribution in [0.25, 0.3) is 0 Å². The van der Waals surface area contributed by atoms with Gasteiger partial charge in [-0.1, -0.05) is 24.3 Å². The molecular weight excluding hydrogens is 352 g/mol. The normalized spacial score (nSPS) is 21.0. The Morgan fingerprint density at radius 2 is 2.04 bits per heavy atom. The minimum atomic E-state index is 0.444. The number of aromatic nitrogens is 1. The second-order valence-corrected chi connectivity index (χ2v) is 7.30. The highest BCUT2D eigenvalue weighted by Crippen LogP contribution is 2.26. The van der Waals surface area contributed by atoms with Gasteiger partial charge in [-0.2, -0.15) is 0 Å². The number of hydrogen-bond acceptors (Lipinski definition) is 6. The van der Waals surface area contributed by atoms with Crippen molar-refractivity contribution in [1.82, 2.24) is 14.8 Å². The maximum atomic E-state index is 5.88. The molecule has 3 heterocycles. The number of anilines is 1. The van der Waals surface area contributed by atoms with Gasteiger partial charge in [0, 0.05) is 45.0 Å². The molecule has 1 saturated heterocycles. The Morgan fingerprint density at radius 3 is 2.71 bits per heavy atom. The van der Waals surface area contributed by atoms with Crippen LogP contribution in [-0.4, -0.2) is 53.5 Å². The Bertz CT molecular complexity index is 777. The zero-order valence-corrected chi connectivity index (χ0v) is 16.4. The molecule has 0 radical (unpaired) electrons. The molecule has 0 saturated carbocycles. The van der Waals surface area contributed by atoms with Crippen LogP contribution >= 0.6 is 0 Å². The van der Waals surface area contributed by atoms with Crippen LogP contribution in [0.15, 0.2) is 72.4 Å². The van der Waals surface area contributed by atoms with Crippen LogP contribution in [0.2, 0.25) is 0 Å². The van der Waals surface area contributed by atoms with E-state index in [2.05, 4.69) is 45.3 Å². The zero-order chi connectivity index (χ0) is 19.2. The molecule has 1 unspecified atom stereocenters. The number of rotatable bonds is 6. The SMILES string of the molecule is CC(CNc1ccccn1)N1CCN(C2=COC(C3=CC=CCC3)=CO2)CC1. The molecule has 0 spiro atoms. The molecule has 3 aliphatic rings. The zero-order valence-electron chi connectivity index (χ0n) is 16.4. The van der Waals surface area contributed by atoms with Gasteiger partial charge >= 0.3 is 0 Å². The first-order valence-corrected chi connectivity index (χ1v) is 10.0. The first kappa shape index (κ1) is 18.6. The van der Waals surface area contributed by atoms with E-state index in [9.17, 15) is 0 Å². The predicted molar refractivity (Wildman–Crippen MR) is 110 cm³/mol. The lowest BCUT2D eigenvalue weighted by Gasteiger charge is -2.39. The third-order valence-corrected chi connectivity index (χ3v) is 5.40. The van der Waals surface area contributed by atoms with Gasteiger partial charge in [-0.3, -0.25) is 4.90 Å². The number of pyridine rings is 1. The van der Waals surface area contributed by atoms with E-state index in [4.69, 9.17) is 9.47 Å². The molecule has 1 aromatic rings. The largest absolute Gasteiger partial charge is 0.456 e. The second kappa shape index (κ2) is 8.97. The van der Waals surface area contributed by atoms with Crippen LogP contribution in [0, 0.1) is 0 Å². The Hall–Kier alpha value is -2.73. The summed E-state index contributed by atoms with van der Waals surface area (Å²) in [5.74, 6) is 2.55. The van der Waals surface area contributed by atoms with Crippen molar-refractivity contribution in [2.24, 2.45) is 0 Å². The van der Waals surface area contributed by atoms with Crippen LogP contribution in [0.5, 0.6) is 0 Å². The summed E-state index contributed by atoms with van der Waals surface area (Å²) in [6.45, 7) is 6.99. The maximum Gasteiger partial charge on any atom is 0.231 e. The van der Waals surface area contributed by atoms with Crippen molar-refractivity contribution in [3.63, 3.8) is 0 Å². The van der Waals surface area contributed by atoms with Crippen molar-refractivity contribution in [1.29, 1.82) is 0 Å². The lowest BCUT2D eigenvalue weighted by Crippen LogP contribution is -2.51. The molecular formula is C22H28N4O2. The average molecular weight is 380 g/mol.